The molecule has 0 spiro atoms. The molecule has 1 heterocycles. The van der Waals surface area contributed by atoms with Gasteiger partial charge >= 0.3 is 0 Å². The van der Waals surface area contributed by atoms with Gasteiger partial charge in [0, 0.05) is 11.8 Å². The minimum atomic E-state index is 1.01. The van der Waals surface area contributed by atoms with E-state index in [0.29, 0.717) is 0 Å². The van der Waals surface area contributed by atoms with Crippen LogP contribution in [0.15, 0.2) is 72.3 Å². The summed E-state index contributed by atoms with van der Waals surface area (Å²) in [6, 6.07) is 8.00. The van der Waals surface area contributed by atoms with Gasteiger partial charge in [0.15, 0.2) is 0 Å². The molecular formula is C16H15N. The molecule has 0 bridgehead atoms. The van der Waals surface area contributed by atoms with Crippen LogP contribution in [-0.2, 0) is 0 Å². The van der Waals surface area contributed by atoms with Gasteiger partial charge in [0.2, 0.25) is 0 Å². The number of benzene rings is 1. The number of para-hydroxylation sites is 1. The highest BCUT2D eigenvalue weighted by molar-refractivity contribution is 6.15. The van der Waals surface area contributed by atoms with E-state index in [4.69, 9.17) is 0 Å². The first-order chi connectivity index (χ1) is 8.27. The summed E-state index contributed by atoms with van der Waals surface area (Å²) in [5.41, 5.74) is 4.30. The molecule has 1 nitrogen and oxygen atoms in total. The molecule has 0 radical (unpaired) electrons. The van der Waals surface area contributed by atoms with Crippen LogP contribution < -0.4 is 0 Å². The Bertz CT molecular complexity index is 516. The molecule has 0 atom stereocenters. The lowest BCUT2D eigenvalue weighted by Gasteiger charge is -1.93. The van der Waals surface area contributed by atoms with Crippen LogP contribution in [0.2, 0.25) is 0 Å². The average molecular weight is 221 g/mol. The number of rotatable bonds is 0. The molecule has 0 saturated heterocycles. The van der Waals surface area contributed by atoms with Crippen molar-refractivity contribution in [1.82, 2.24) is 0 Å². The van der Waals surface area contributed by atoms with Gasteiger partial charge in [0.25, 0.3) is 0 Å². The molecule has 0 aromatic heterocycles. The molecule has 0 unspecified atom stereocenters. The molecule has 1 aliphatic carbocycles. The molecule has 1 aromatic carbocycles. The van der Waals surface area contributed by atoms with Gasteiger partial charge in [-0.1, -0.05) is 55.7 Å². The molecule has 1 heteroatoms. The summed E-state index contributed by atoms with van der Waals surface area (Å²) in [5, 5.41) is 0. The lowest BCUT2D eigenvalue weighted by Crippen LogP contribution is -1.73. The molecule has 2 aliphatic rings. The van der Waals surface area contributed by atoms with Crippen molar-refractivity contribution in [3.05, 3.63) is 72.9 Å². The van der Waals surface area contributed by atoms with Crippen molar-refractivity contribution in [3.8, 4) is 0 Å². The summed E-state index contributed by atoms with van der Waals surface area (Å²) in [7, 11) is 0. The number of fused-ring (bicyclic) bond motifs is 1. The van der Waals surface area contributed by atoms with Crippen molar-refractivity contribution in [3.63, 3.8) is 0 Å². The minimum Gasteiger partial charge on any atom is -0.256 e. The van der Waals surface area contributed by atoms with Crippen LogP contribution in [-0.4, -0.2) is 6.21 Å². The smallest absolute Gasteiger partial charge is 0.0708 e. The fourth-order valence-electron chi connectivity index (χ4n) is 1.65. The van der Waals surface area contributed by atoms with Crippen molar-refractivity contribution in [2.45, 2.75) is 6.42 Å². The number of aliphatic imine (C=N–C) groups is 1. The second kappa shape index (κ2) is 5.26. The third-order valence-corrected chi connectivity index (χ3v) is 2.55. The zero-order valence-electron chi connectivity index (χ0n) is 9.76. The standard InChI is InChI=1S/C9H7N.C7H8/c1-7-6-10-9-5-3-2-4-8(7)9;1-7-5-3-2-4-6-7/h2-6H,1H2;3-6H,1-2H2. The molecule has 84 valence electrons. The Kier molecular flexibility index (Phi) is 3.51. The third-order valence-electron chi connectivity index (χ3n) is 2.55. The van der Waals surface area contributed by atoms with E-state index in [1.165, 1.54) is 0 Å². The number of hydrogen-bond acceptors (Lipinski definition) is 1. The quantitative estimate of drug-likeness (QED) is 0.612. The van der Waals surface area contributed by atoms with Gasteiger partial charge in [-0.3, -0.25) is 4.99 Å². The molecule has 1 aromatic rings. The van der Waals surface area contributed by atoms with Gasteiger partial charge in [-0.25, -0.2) is 0 Å². The van der Waals surface area contributed by atoms with Gasteiger partial charge in [-0.2, -0.15) is 0 Å². The van der Waals surface area contributed by atoms with E-state index in [2.05, 4.69) is 30.3 Å². The van der Waals surface area contributed by atoms with Crippen molar-refractivity contribution >= 4 is 17.5 Å². The average Bonchev–Trinajstić information content (AvgIpc) is 2.74. The number of allylic oxidation sites excluding steroid dienone is 6. The first-order valence-electron chi connectivity index (χ1n) is 5.62. The zero-order chi connectivity index (χ0) is 12.1. The molecule has 0 saturated carbocycles. The highest BCUT2D eigenvalue weighted by Crippen LogP contribution is 2.29. The number of nitrogens with zero attached hydrogens (tertiary/aromatic N) is 1. The summed E-state index contributed by atoms with van der Waals surface area (Å²) < 4.78 is 0. The Balaban J connectivity index is 0.000000136. The fraction of sp³-hybridized carbons (Fsp3) is 0.0625. The summed E-state index contributed by atoms with van der Waals surface area (Å²) in [6.45, 7) is 7.59. The minimum absolute atomic E-state index is 1.01. The van der Waals surface area contributed by atoms with Crippen LogP contribution >= 0.6 is 0 Å². The van der Waals surface area contributed by atoms with E-state index in [1.807, 2.05) is 36.4 Å². The monoisotopic (exact) mass is 221 g/mol. The molecule has 1 aliphatic heterocycles. The lowest BCUT2D eigenvalue weighted by molar-refractivity contribution is 1.35. The molecule has 0 amide bonds. The zero-order valence-corrected chi connectivity index (χ0v) is 9.76. The highest BCUT2D eigenvalue weighted by Gasteiger charge is 2.06. The molecule has 0 fully saturated rings. The second-order valence-electron chi connectivity index (χ2n) is 3.92. The van der Waals surface area contributed by atoms with Gasteiger partial charge in [0.05, 0.1) is 5.69 Å². The largest absolute Gasteiger partial charge is 0.256 e. The maximum absolute atomic E-state index is 4.16. The summed E-state index contributed by atoms with van der Waals surface area (Å²) in [4.78, 5) is 4.16. The van der Waals surface area contributed by atoms with Crippen LogP contribution in [0.4, 0.5) is 5.69 Å². The van der Waals surface area contributed by atoms with Crippen LogP contribution in [0, 0.1) is 0 Å². The second-order valence-corrected chi connectivity index (χ2v) is 3.92. The van der Waals surface area contributed by atoms with Gasteiger partial charge in [0.1, 0.15) is 0 Å². The molecule has 0 N–H and O–H groups in total. The first kappa shape index (κ1) is 11.3. The Morgan fingerprint density at radius 3 is 2.29 bits per heavy atom. The van der Waals surface area contributed by atoms with Crippen molar-refractivity contribution < 1.29 is 0 Å². The Hall–Kier alpha value is -2.15. The number of hydrogen-bond donors (Lipinski definition) is 0. The third kappa shape index (κ3) is 2.91. The maximum Gasteiger partial charge on any atom is 0.0708 e. The fourth-order valence-corrected chi connectivity index (χ4v) is 1.65. The molecule has 17 heavy (non-hydrogen) atoms. The van der Waals surface area contributed by atoms with Crippen molar-refractivity contribution in [2.24, 2.45) is 4.99 Å². The molecule has 3 rings (SSSR count). The van der Waals surface area contributed by atoms with Crippen molar-refractivity contribution in [1.29, 1.82) is 0 Å². The highest BCUT2D eigenvalue weighted by atomic mass is 14.7. The summed E-state index contributed by atoms with van der Waals surface area (Å²) in [5.74, 6) is 0. The SMILES string of the molecule is C=C1C=CCC=C1.C=C1C=Nc2ccccc21. The Morgan fingerprint density at radius 1 is 1.00 bits per heavy atom. The van der Waals surface area contributed by atoms with Gasteiger partial charge < -0.3 is 0 Å². The van der Waals surface area contributed by atoms with Crippen LogP contribution in [0.25, 0.3) is 5.57 Å². The Labute approximate surface area is 102 Å². The van der Waals surface area contributed by atoms with Gasteiger partial charge in [-0.15, -0.1) is 0 Å². The predicted molar refractivity (Wildman–Crippen MR) is 75.7 cm³/mol. The van der Waals surface area contributed by atoms with E-state index in [0.717, 1.165) is 28.8 Å². The molecular weight excluding hydrogens is 206 g/mol. The van der Waals surface area contributed by atoms with E-state index in [9.17, 15) is 0 Å². The van der Waals surface area contributed by atoms with Crippen LogP contribution in [0.1, 0.15) is 12.0 Å². The van der Waals surface area contributed by atoms with E-state index in [1.54, 1.807) is 6.21 Å². The topological polar surface area (TPSA) is 12.4 Å². The van der Waals surface area contributed by atoms with E-state index in [-0.39, 0.29) is 0 Å². The lowest BCUT2D eigenvalue weighted by atomic mass is 10.1. The van der Waals surface area contributed by atoms with Crippen LogP contribution in [0.5, 0.6) is 0 Å². The van der Waals surface area contributed by atoms with Crippen molar-refractivity contribution in [2.75, 3.05) is 0 Å². The maximum atomic E-state index is 4.16. The normalized spacial score (nSPS) is 15.5. The van der Waals surface area contributed by atoms with Crippen LogP contribution in [0.3, 0.4) is 0 Å². The van der Waals surface area contributed by atoms with E-state index < -0.39 is 0 Å². The van der Waals surface area contributed by atoms with Gasteiger partial charge in [-0.05, 0) is 23.6 Å². The predicted octanol–water partition coefficient (Wildman–Crippen LogP) is 4.47. The Morgan fingerprint density at radius 2 is 1.71 bits per heavy atom. The summed E-state index contributed by atoms with van der Waals surface area (Å²) >= 11 is 0. The first-order valence-corrected chi connectivity index (χ1v) is 5.62. The summed E-state index contributed by atoms with van der Waals surface area (Å²) in [6.07, 6.45) is 11.1. The van der Waals surface area contributed by atoms with E-state index >= 15 is 0 Å².